The first-order valence-corrected chi connectivity index (χ1v) is 19.7. The largest absolute Gasteiger partial charge is 0.351 e. The van der Waals surface area contributed by atoms with Crippen molar-refractivity contribution in [3.63, 3.8) is 0 Å². The highest BCUT2D eigenvalue weighted by Crippen LogP contribution is 2.37. The summed E-state index contributed by atoms with van der Waals surface area (Å²) in [6, 6.07) is 18.2. The standard InChI is InChI=1S/C43H38N8O10.ClH/c52-38(45-11-10-44-12-17-48-40(54)32-8-4-6-25-19-30(50(58)59)23-34(36(25)32)41(48)55)27-18-28(39(53)46-13-16-47-14-2-1-3-15-47)22-29(21-27)49-42(56)33-9-5-7-26-20-31(51(60)61)24-35(37(26)33)43(49)57;/h4-9,18-24,44H,1-3,10-17H2,(H,45,52)(H,46,53);1H. The van der Waals surface area contributed by atoms with Crippen LogP contribution in [0, 0.1) is 20.2 Å². The smallest absolute Gasteiger partial charge is 0.270 e. The van der Waals surface area contributed by atoms with Gasteiger partial charge in [0, 0.05) is 96.6 Å². The van der Waals surface area contributed by atoms with E-state index in [1.165, 1.54) is 42.5 Å². The maximum absolute atomic E-state index is 14.1. The minimum atomic E-state index is -0.861. The van der Waals surface area contributed by atoms with Crippen LogP contribution in [-0.2, 0) is 0 Å². The van der Waals surface area contributed by atoms with Crippen molar-refractivity contribution in [3.05, 3.63) is 132 Å². The summed E-state index contributed by atoms with van der Waals surface area (Å²) in [5.74, 6) is -3.99. The lowest BCUT2D eigenvalue weighted by Crippen LogP contribution is -2.44. The number of nitrogens with one attached hydrogen (secondary N) is 3. The van der Waals surface area contributed by atoms with Gasteiger partial charge in [-0.05, 0) is 67.0 Å². The number of piperidine rings is 1. The molecule has 19 heteroatoms. The number of amides is 6. The zero-order valence-corrected chi connectivity index (χ0v) is 33.8. The molecule has 3 aliphatic rings. The zero-order valence-electron chi connectivity index (χ0n) is 33.0. The van der Waals surface area contributed by atoms with Crippen LogP contribution in [0.5, 0.6) is 0 Å². The molecule has 3 heterocycles. The van der Waals surface area contributed by atoms with Crippen LogP contribution in [0.25, 0.3) is 21.5 Å². The molecule has 0 unspecified atom stereocenters. The minimum absolute atomic E-state index is 0. The van der Waals surface area contributed by atoms with E-state index in [0.717, 1.165) is 48.2 Å². The number of likely N-dealkylation sites (tertiary alicyclic amines) is 1. The molecule has 8 rings (SSSR count). The van der Waals surface area contributed by atoms with Gasteiger partial charge < -0.3 is 20.9 Å². The van der Waals surface area contributed by atoms with Crippen LogP contribution in [0.2, 0.25) is 0 Å². The van der Waals surface area contributed by atoms with E-state index in [4.69, 9.17) is 0 Å². The number of nitrogens with zero attached hydrogens (tertiary/aromatic N) is 5. The van der Waals surface area contributed by atoms with E-state index in [9.17, 15) is 49.0 Å². The van der Waals surface area contributed by atoms with Crippen molar-refractivity contribution in [1.82, 2.24) is 25.8 Å². The number of imide groups is 2. The lowest BCUT2D eigenvalue weighted by molar-refractivity contribution is -0.384. The van der Waals surface area contributed by atoms with Gasteiger partial charge in [0.2, 0.25) is 0 Å². The summed E-state index contributed by atoms with van der Waals surface area (Å²) in [6.07, 6.45) is 3.29. The second-order valence-electron chi connectivity index (χ2n) is 14.9. The zero-order chi connectivity index (χ0) is 42.9. The highest BCUT2D eigenvalue weighted by atomic mass is 35.5. The van der Waals surface area contributed by atoms with Crippen molar-refractivity contribution in [2.75, 3.05) is 57.3 Å². The monoisotopic (exact) mass is 862 g/mol. The molecule has 0 aromatic heterocycles. The number of benzene rings is 5. The van der Waals surface area contributed by atoms with Crippen molar-refractivity contribution < 1.29 is 38.6 Å². The molecule has 18 nitrogen and oxygen atoms in total. The average Bonchev–Trinajstić information content (AvgIpc) is 3.26. The molecular weight excluding hydrogens is 824 g/mol. The molecule has 0 radical (unpaired) electrons. The Bertz CT molecular complexity index is 2740. The molecule has 0 spiro atoms. The van der Waals surface area contributed by atoms with Gasteiger partial charge in [0.25, 0.3) is 46.8 Å². The molecule has 3 N–H and O–H groups in total. The number of non-ortho nitro benzene ring substituents is 2. The Morgan fingerprint density at radius 2 is 1.10 bits per heavy atom. The third-order valence-electron chi connectivity index (χ3n) is 11.1. The van der Waals surface area contributed by atoms with Gasteiger partial charge >= 0.3 is 0 Å². The predicted octanol–water partition coefficient (Wildman–Crippen LogP) is 4.86. The van der Waals surface area contributed by atoms with Crippen LogP contribution in [0.1, 0.15) is 81.4 Å². The fraction of sp³-hybridized carbons (Fsp3) is 0.256. The molecule has 0 saturated carbocycles. The number of carbonyl (C=O) groups is 6. The SMILES string of the molecule is Cl.O=C(NCCNCCN1C(=O)c2cccc3cc([N+](=O)[O-])cc(c23)C1=O)c1cc(C(=O)NCCN2CCCCC2)cc(N2C(=O)c3cccc4cc([N+](=O)[O-])cc(c34)C2=O)c1. The molecule has 318 valence electrons. The Hall–Kier alpha value is -7.15. The average molecular weight is 863 g/mol. The summed E-state index contributed by atoms with van der Waals surface area (Å²) in [5.41, 5.74) is -0.410. The van der Waals surface area contributed by atoms with Gasteiger partial charge in [-0.2, -0.15) is 0 Å². The molecule has 5 aromatic rings. The number of hydrogen-bond donors (Lipinski definition) is 3. The summed E-state index contributed by atoms with van der Waals surface area (Å²) in [7, 11) is 0. The van der Waals surface area contributed by atoms with Gasteiger partial charge in [-0.15, -0.1) is 12.4 Å². The van der Waals surface area contributed by atoms with E-state index in [1.54, 1.807) is 30.3 Å². The third kappa shape index (κ3) is 8.17. The first-order chi connectivity index (χ1) is 29.4. The van der Waals surface area contributed by atoms with Crippen LogP contribution in [-0.4, -0.2) is 107 Å². The fourth-order valence-electron chi connectivity index (χ4n) is 8.18. The van der Waals surface area contributed by atoms with Gasteiger partial charge in [-0.1, -0.05) is 30.7 Å². The minimum Gasteiger partial charge on any atom is -0.351 e. The van der Waals surface area contributed by atoms with Gasteiger partial charge in [-0.25, -0.2) is 4.90 Å². The summed E-state index contributed by atoms with van der Waals surface area (Å²) >= 11 is 0. The van der Waals surface area contributed by atoms with Crippen molar-refractivity contribution >= 4 is 86.5 Å². The second kappa shape index (κ2) is 17.8. The summed E-state index contributed by atoms with van der Waals surface area (Å²) in [5, 5.41) is 33.3. The Labute approximate surface area is 358 Å². The van der Waals surface area contributed by atoms with E-state index in [0.29, 0.717) is 29.2 Å². The summed E-state index contributed by atoms with van der Waals surface area (Å²) < 4.78 is 0. The lowest BCUT2D eigenvalue weighted by Gasteiger charge is -2.28. The van der Waals surface area contributed by atoms with Crippen LogP contribution >= 0.6 is 12.4 Å². The molecule has 1 saturated heterocycles. The molecule has 3 aliphatic heterocycles. The van der Waals surface area contributed by atoms with E-state index in [1.807, 2.05) is 0 Å². The Morgan fingerprint density at radius 3 is 1.68 bits per heavy atom. The van der Waals surface area contributed by atoms with E-state index in [2.05, 4.69) is 20.9 Å². The number of nitro benzene ring substituents is 2. The lowest BCUT2D eigenvalue weighted by atomic mass is 9.92. The second-order valence-corrected chi connectivity index (χ2v) is 14.9. The van der Waals surface area contributed by atoms with Gasteiger partial charge in [0.1, 0.15) is 0 Å². The van der Waals surface area contributed by atoms with Crippen LogP contribution in [0.15, 0.2) is 78.9 Å². The highest BCUT2D eigenvalue weighted by molar-refractivity contribution is 6.36. The normalized spacial score (nSPS) is 14.8. The van der Waals surface area contributed by atoms with Gasteiger partial charge in [0.05, 0.1) is 26.7 Å². The number of carbonyl (C=O) groups excluding carboxylic acids is 6. The van der Waals surface area contributed by atoms with E-state index in [-0.39, 0.29) is 94.4 Å². The number of halogens is 1. The van der Waals surface area contributed by atoms with Crippen molar-refractivity contribution in [2.24, 2.45) is 0 Å². The predicted molar refractivity (Wildman–Crippen MR) is 229 cm³/mol. The van der Waals surface area contributed by atoms with Crippen LogP contribution < -0.4 is 20.9 Å². The summed E-state index contributed by atoms with van der Waals surface area (Å²) in [4.78, 5) is 108. The quantitative estimate of drug-likeness (QED) is 0.0588. The number of anilines is 1. The first-order valence-electron chi connectivity index (χ1n) is 19.7. The number of rotatable bonds is 14. The molecule has 0 aliphatic carbocycles. The van der Waals surface area contributed by atoms with E-state index < -0.39 is 45.3 Å². The Balaban J connectivity index is 0.00000578. The fourth-order valence-corrected chi connectivity index (χ4v) is 8.18. The molecule has 0 bridgehead atoms. The molecular formula is C43H39ClN8O10. The molecule has 62 heavy (non-hydrogen) atoms. The van der Waals surface area contributed by atoms with Crippen LogP contribution in [0.3, 0.4) is 0 Å². The molecule has 6 amide bonds. The maximum atomic E-state index is 14.1. The topological polar surface area (TPSA) is 235 Å². The molecule has 0 atom stereocenters. The highest BCUT2D eigenvalue weighted by Gasteiger charge is 2.37. The summed E-state index contributed by atoms with van der Waals surface area (Å²) in [6.45, 7) is 3.03. The number of hydrogen-bond acceptors (Lipinski definition) is 12. The van der Waals surface area contributed by atoms with Crippen molar-refractivity contribution in [3.8, 4) is 0 Å². The van der Waals surface area contributed by atoms with Gasteiger partial charge in [0.15, 0.2) is 0 Å². The number of nitro groups is 2. The Kier molecular flexibility index (Phi) is 12.4. The van der Waals surface area contributed by atoms with Crippen molar-refractivity contribution in [2.45, 2.75) is 19.3 Å². The van der Waals surface area contributed by atoms with E-state index >= 15 is 0 Å². The van der Waals surface area contributed by atoms with Crippen molar-refractivity contribution in [1.29, 1.82) is 0 Å². The third-order valence-corrected chi connectivity index (χ3v) is 11.1. The van der Waals surface area contributed by atoms with Gasteiger partial charge in [-0.3, -0.25) is 53.9 Å². The maximum Gasteiger partial charge on any atom is 0.270 e. The van der Waals surface area contributed by atoms with Crippen LogP contribution in [0.4, 0.5) is 17.1 Å². The molecule has 5 aromatic carbocycles. The molecule has 1 fully saturated rings. The Morgan fingerprint density at radius 1 is 0.581 bits per heavy atom. The first kappa shape index (κ1) is 43.0.